The summed E-state index contributed by atoms with van der Waals surface area (Å²) in [6, 6.07) is 8.00. The number of methoxy groups -OCH3 is 2. The highest BCUT2D eigenvalue weighted by molar-refractivity contribution is 6.24. The average Bonchev–Trinajstić information content (AvgIpc) is 3.23. The predicted molar refractivity (Wildman–Crippen MR) is 227 cm³/mol. The molecule has 326 valence electrons. The maximum absolute atomic E-state index is 14.1. The van der Waals surface area contributed by atoms with Gasteiger partial charge in [-0.3, -0.25) is 29.0 Å². The maximum atomic E-state index is 14.1. The third-order valence-electron chi connectivity index (χ3n) is 12.2. The largest absolute Gasteiger partial charge is 0.439 e. The lowest BCUT2D eigenvalue weighted by molar-refractivity contribution is -0.120. The first-order valence-corrected chi connectivity index (χ1v) is 21.1. The van der Waals surface area contributed by atoms with Gasteiger partial charge < -0.3 is 35.7 Å². The topological polar surface area (TPSA) is 190 Å². The molecule has 2 fully saturated rings. The molecule has 0 spiro atoms. The highest BCUT2D eigenvalue weighted by Crippen LogP contribution is 2.30. The minimum atomic E-state index is -1.04. The van der Waals surface area contributed by atoms with E-state index in [1.54, 1.807) is 38.1 Å². The molecule has 14 heteroatoms. The van der Waals surface area contributed by atoms with Crippen molar-refractivity contribution < 1.29 is 43.3 Å². The number of hydrogen-bond donors (Lipinski definition) is 4. The van der Waals surface area contributed by atoms with Gasteiger partial charge in [0.1, 0.15) is 6.10 Å². The Hall–Kier alpha value is -4.73. The van der Waals surface area contributed by atoms with Crippen LogP contribution in [-0.4, -0.2) is 115 Å². The van der Waals surface area contributed by atoms with Crippen LogP contribution < -0.4 is 16.4 Å². The molecule has 6 atom stereocenters. The number of amides is 3. The number of Topliss-reactive ketones (excluding diaryl/α,β-unsaturated/α-hetero) is 1. The van der Waals surface area contributed by atoms with Crippen molar-refractivity contribution in [2.45, 2.75) is 110 Å². The second-order valence-electron chi connectivity index (χ2n) is 16.7. The lowest BCUT2D eigenvalue weighted by Gasteiger charge is -2.40. The Kier molecular flexibility index (Phi) is 16.7. The first-order chi connectivity index (χ1) is 28.7. The number of piperazine rings is 1. The summed E-state index contributed by atoms with van der Waals surface area (Å²) in [6.07, 6.45) is 9.72. The summed E-state index contributed by atoms with van der Waals surface area (Å²) >= 11 is 0. The number of ketones is 2. The molecule has 2 bridgehead atoms. The number of rotatable bonds is 8. The van der Waals surface area contributed by atoms with Gasteiger partial charge in [-0.25, -0.2) is 4.79 Å². The molecule has 60 heavy (non-hydrogen) atoms. The minimum Gasteiger partial charge on any atom is -0.439 e. The number of nitrogens with zero attached hydrogens (tertiary/aromatic N) is 2. The number of primary amides is 1. The molecule has 1 aromatic rings. The van der Waals surface area contributed by atoms with Crippen molar-refractivity contribution in [2.75, 3.05) is 40.4 Å². The first kappa shape index (κ1) is 46.3. The molecule has 4 aliphatic rings. The van der Waals surface area contributed by atoms with E-state index in [1.807, 2.05) is 19.1 Å². The van der Waals surface area contributed by atoms with Gasteiger partial charge in [-0.15, -0.1) is 0 Å². The molecule has 0 aromatic heterocycles. The van der Waals surface area contributed by atoms with Gasteiger partial charge in [0.15, 0.2) is 6.10 Å². The number of carbonyl (C=O) groups is 5. The fourth-order valence-corrected chi connectivity index (χ4v) is 8.66. The van der Waals surface area contributed by atoms with Crippen LogP contribution in [0.1, 0.15) is 88.6 Å². The zero-order valence-electron chi connectivity index (χ0n) is 35.9. The fourth-order valence-electron chi connectivity index (χ4n) is 8.66. The van der Waals surface area contributed by atoms with Gasteiger partial charge >= 0.3 is 6.09 Å². The van der Waals surface area contributed by atoms with E-state index in [2.05, 4.69) is 20.4 Å². The van der Waals surface area contributed by atoms with Crippen molar-refractivity contribution in [3.05, 3.63) is 93.9 Å². The Morgan fingerprint density at radius 2 is 1.65 bits per heavy atom. The third kappa shape index (κ3) is 12.2. The summed E-state index contributed by atoms with van der Waals surface area (Å²) in [6.45, 7) is 11.8. The number of aliphatic hydroxyl groups is 1. The van der Waals surface area contributed by atoms with E-state index in [0.29, 0.717) is 17.2 Å². The SMILES string of the molecule is CO[C@H]1/C=C\C=C(/C)C(=O)NC2=CC(=O)C(NC(=O)c3ccc(CN4CCN(C5CCCCC5)CC4)cc3)=C(C[C@@H](C)C[C@H](OC)[C@H](O)[C@@H](C)/C=C(\C)[C@H]1OC(N)=O)C2=O. The van der Waals surface area contributed by atoms with Crippen LogP contribution in [-0.2, 0) is 35.1 Å². The number of carbonyl (C=O) groups excluding carboxylic acids is 5. The van der Waals surface area contributed by atoms with Gasteiger partial charge in [0.25, 0.3) is 11.8 Å². The number of fused-ring (bicyclic) bond motifs is 2. The van der Waals surface area contributed by atoms with Crippen LogP contribution in [0.5, 0.6) is 0 Å². The van der Waals surface area contributed by atoms with Crippen LogP contribution in [0.4, 0.5) is 4.79 Å². The van der Waals surface area contributed by atoms with Gasteiger partial charge in [0.2, 0.25) is 11.6 Å². The molecule has 1 aromatic carbocycles. The van der Waals surface area contributed by atoms with E-state index in [0.717, 1.165) is 44.4 Å². The molecule has 0 unspecified atom stereocenters. The van der Waals surface area contributed by atoms with Crippen molar-refractivity contribution in [1.82, 2.24) is 20.4 Å². The summed E-state index contributed by atoms with van der Waals surface area (Å²) in [5.41, 5.74) is 7.20. The second-order valence-corrected chi connectivity index (χ2v) is 16.7. The normalized spacial score (nSPS) is 29.7. The number of aliphatic hydroxyl groups excluding tert-OH is 1. The van der Waals surface area contributed by atoms with E-state index >= 15 is 0 Å². The van der Waals surface area contributed by atoms with Gasteiger partial charge in [0.05, 0.1) is 23.6 Å². The Labute approximate surface area is 353 Å². The van der Waals surface area contributed by atoms with E-state index in [-0.39, 0.29) is 41.3 Å². The summed E-state index contributed by atoms with van der Waals surface area (Å²) in [7, 11) is 2.90. The highest BCUT2D eigenvalue weighted by Gasteiger charge is 2.34. The molecule has 1 saturated heterocycles. The smallest absolute Gasteiger partial charge is 0.405 e. The van der Waals surface area contributed by atoms with Gasteiger partial charge in [-0.1, -0.05) is 69.5 Å². The first-order valence-electron chi connectivity index (χ1n) is 21.1. The minimum absolute atomic E-state index is 0.0256. The lowest BCUT2D eigenvalue weighted by atomic mass is 9.85. The van der Waals surface area contributed by atoms with Crippen molar-refractivity contribution in [3.63, 3.8) is 0 Å². The molecule has 14 nitrogen and oxygen atoms in total. The van der Waals surface area contributed by atoms with Crippen LogP contribution in [0.3, 0.4) is 0 Å². The van der Waals surface area contributed by atoms with Crippen LogP contribution >= 0.6 is 0 Å². The molecule has 1 saturated carbocycles. The number of nitrogens with two attached hydrogens (primary N) is 1. The molecular formula is C46H63N5O9. The summed E-state index contributed by atoms with van der Waals surface area (Å²) in [5.74, 6) is -3.29. The lowest BCUT2D eigenvalue weighted by Crippen LogP contribution is -2.50. The molecule has 0 radical (unpaired) electrons. The summed E-state index contributed by atoms with van der Waals surface area (Å²) in [4.78, 5) is 72.0. The van der Waals surface area contributed by atoms with Crippen molar-refractivity contribution in [1.29, 1.82) is 0 Å². The number of benzene rings is 1. The Bertz CT molecular complexity index is 1890. The number of ether oxygens (including phenoxy) is 3. The zero-order chi connectivity index (χ0) is 43.5. The second kappa shape index (κ2) is 21.7. The van der Waals surface area contributed by atoms with Gasteiger partial charge in [0, 0.05) is 81.7 Å². The Morgan fingerprint density at radius 3 is 2.28 bits per heavy atom. The molecule has 5 rings (SSSR count). The van der Waals surface area contributed by atoms with Crippen LogP contribution in [0.25, 0.3) is 0 Å². The molecule has 2 aliphatic carbocycles. The Morgan fingerprint density at radius 1 is 0.967 bits per heavy atom. The monoisotopic (exact) mass is 829 g/mol. The predicted octanol–water partition coefficient (Wildman–Crippen LogP) is 4.64. The van der Waals surface area contributed by atoms with Crippen LogP contribution in [0, 0.1) is 11.8 Å². The van der Waals surface area contributed by atoms with Gasteiger partial charge in [-0.05, 0) is 68.7 Å². The van der Waals surface area contributed by atoms with E-state index < -0.39 is 59.8 Å². The summed E-state index contributed by atoms with van der Waals surface area (Å²) < 4.78 is 16.8. The summed E-state index contributed by atoms with van der Waals surface area (Å²) in [5, 5.41) is 16.8. The van der Waals surface area contributed by atoms with Gasteiger partial charge in [-0.2, -0.15) is 0 Å². The zero-order valence-corrected chi connectivity index (χ0v) is 35.9. The van der Waals surface area contributed by atoms with Crippen LogP contribution in [0.15, 0.2) is 82.8 Å². The molecular weight excluding hydrogens is 767 g/mol. The average molecular weight is 830 g/mol. The molecule has 5 N–H and O–H groups in total. The van der Waals surface area contributed by atoms with E-state index in [4.69, 9.17) is 19.9 Å². The number of hydrogen-bond acceptors (Lipinski definition) is 11. The highest BCUT2D eigenvalue weighted by atomic mass is 16.6. The Balaban J connectivity index is 1.36. The van der Waals surface area contributed by atoms with Crippen molar-refractivity contribution in [2.24, 2.45) is 17.6 Å². The maximum Gasteiger partial charge on any atom is 0.405 e. The number of allylic oxidation sites excluding steroid dienone is 4. The fraction of sp³-hybridized carbons (Fsp3) is 0.543. The molecule has 2 heterocycles. The van der Waals surface area contributed by atoms with Crippen molar-refractivity contribution >= 4 is 29.5 Å². The third-order valence-corrected chi connectivity index (χ3v) is 12.2. The molecule has 3 amide bonds. The quantitative estimate of drug-likeness (QED) is 0.211. The standard InChI is InChI=1S/C46H63N5O9/c1-28-23-35-40(49-45(56)33-17-15-32(16-18-33)27-50-19-21-51(22-20-50)34-12-8-7-9-13-34)37(52)26-36(42(35)54)48-44(55)29(2)11-10-14-38(58-5)43(60-46(47)57)31(4)25-30(3)41(53)39(24-28)59-6/h10-11,14-18,25-26,28,30,34,38-39,41,43,53H,7-9,12-13,19-24,27H2,1-6H3,(H2,47,57)(H,48,55)(H,49,56)/b14-10-,29-11+,31-25+/t28-,30+,38+,39+,41-,43-/m1/s1. The molecule has 2 aliphatic heterocycles. The van der Waals surface area contributed by atoms with Crippen molar-refractivity contribution in [3.8, 4) is 0 Å². The van der Waals surface area contributed by atoms with Crippen LogP contribution in [0.2, 0.25) is 0 Å². The van der Waals surface area contributed by atoms with E-state index in [1.165, 1.54) is 65.4 Å². The van der Waals surface area contributed by atoms with E-state index in [9.17, 15) is 29.1 Å². The number of nitrogens with one attached hydrogen (secondary N) is 2.